The molecule has 1 aliphatic rings. The quantitative estimate of drug-likeness (QED) is 0.907. The summed E-state index contributed by atoms with van der Waals surface area (Å²) in [5, 5.41) is 0. The van der Waals surface area contributed by atoms with Crippen molar-refractivity contribution in [1.29, 1.82) is 0 Å². The SMILES string of the molecule is COc1cc(Br)c(C(N)C2CCCCC2)cc1OC. The van der Waals surface area contributed by atoms with Gasteiger partial charge < -0.3 is 15.2 Å². The van der Waals surface area contributed by atoms with Crippen molar-refractivity contribution in [2.45, 2.75) is 38.1 Å². The molecule has 1 aliphatic carbocycles. The summed E-state index contributed by atoms with van der Waals surface area (Å²) < 4.78 is 11.7. The molecule has 1 aromatic carbocycles. The minimum Gasteiger partial charge on any atom is -0.493 e. The van der Waals surface area contributed by atoms with Crippen LogP contribution in [0, 0.1) is 5.92 Å². The van der Waals surface area contributed by atoms with E-state index in [1.807, 2.05) is 12.1 Å². The summed E-state index contributed by atoms with van der Waals surface area (Å²) in [5.41, 5.74) is 7.57. The molecule has 0 aromatic heterocycles. The summed E-state index contributed by atoms with van der Waals surface area (Å²) >= 11 is 3.60. The highest BCUT2D eigenvalue weighted by Crippen LogP contribution is 2.40. The van der Waals surface area contributed by atoms with Gasteiger partial charge in [0.1, 0.15) is 0 Å². The number of methoxy groups -OCH3 is 2. The molecular formula is C15H22BrNO2. The molecule has 19 heavy (non-hydrogen) atoms. The van der Waals surface area contributed by atoms with Gasteiger partial charge in [-0.05, 0) is 36.5 Å². The standard InChI is InChI=1S/C15H22BrNO2/c1-18-13-8-11(12(16)9-14(13)19-2)15(17)10-6-4-3-5-7-10/h8-10,15H,3-7,17H2,1-2H3. The molecule has 1 aromatic rings. The summed E-state index contributed by atoms with van der Waals surface area (Å²) in [6.07, 6.45) is 6.38. The molecule has 0 aliphatic heterocycles. The molecule has 0 saturated heterocycles. The first kappa shape index (κ1) is 14.7. The first-order valence-electron chi connectivity index (χ1n) is 6.84. The lowest BCUT2D eigenvalue weighted by molar-refractivity contribution is 0.306. The Kier molecular flexibility index (Phi) is 5.11. The Balaban J connectivity index is 2.27. The average molecular weight is 328 g/mol. The molecule has 3 nitrogen and oxygen atoms in total. The van der Waals surface area contributed by atoms with Gasteiger partial charge in [-0.25, -0.2) is 0 Å². The lowest BCUT2D eigenvalue weighted by Crippen LogP contribution is -2.24. The monoisotopic (exact) mass is 327 g/mol. The second-order valence-electron chi connectivity index (χ2n) is 5.15. The summed E-state index contributed by atoms with van der Waals surface area (Å²) in [5.74, 6) is 2.05. The normalized spacial score (nSPS) is 18.1. The van der Waals surface area contributed by atoms with Gasteiger partial charge in [0.25, 0.3) is 0 Å². The maximum atomic E-state index is 6.46. The molecule has 106 valence electrons. The van der Waals surface area contributed by atoms with Gasteiger partial charge in [-0.15, -0.1) is 0 Å². The summed E-state index contributed by atoms with van der Waals surface area (Å²) in [4.78, 5) is 0. The Morgan fingerprint density at radius 1 is 1.11 bits per heavy atom. The highest BCUT2D eigenvalue weighted by Gasteiger charge is 2.24. The molecule has 0 amide bonds. The molecule has 1 unspecified atom stereocenters. The molecule has 4 heteroatoms. The third kappa shape index (κ3) is 3.23. The van der Waals surface area contributed by atoms with Crippen LogP contribution in [-0.2, 0) is 0 Å². The molecule has 0 heterocycles. The van der Waals surface area contributed by atoms with Crippen molar-refractivity contribution in [2.75, 3.05) is 14.2 Å². The van der Waals surface area contributed by atoms with Gasteiger partial charge in [-0.3, -0.25) is 0 Å². The van der Waals surface area contributed by atoms with Gasteiger partial charge >= 0.3 is 0 Å². The molecule has 1 fully saturated rings. The first-order valence-corrected chi connectivity index (χ1v) is 7.63. The van der Waals surface area contributed by atoms with Crippen molar-refractivity contribution in [3.63, 3.8) is 0 Å². The minimum absolute atomic E-state index is 0.0643. The van der Waals surface area contributed by atoms with Gasteiger partial charge in [0.2, 0.25) is 0 Å². The van der Waals surface area contributed by atoms with Crippen molar-refractivity contribution < 1.29 is 9.47 Å². The maximum Gasteiger partial charge on any atom is 0.161 e. The van der Waals surface area contributed by atoms with Crippen molar-refractivity contribution in [3.8, 4) is 11.5 Å². The van der Waals surface area contributed by atoms with Crippen LogP contribution in [0.3, 0.4) is 0 Å². The summed E-state index contributed by atoms with van der Waals surface area (Å²) in [6.45, 7) is 0. The third-order valence-corrected chi connectivity index (χ3v) is 4.71. The molecular weight excluding hydrogens is 306 g/mol. The average Bonchev–Trinajstić information content (AvgIpc) is 2.47. The number of nitrogens with two attached hydrogens (primary N) is 1. The topological polar surface area (TPSA) is 44.5 Å². The van der Waals surface area contributed by atoms with Gasteiger partial charge in [0, 0.05) is 10.5 Å². The fraction of sp³-hybridized carbons (Fsp3) is 0.600. The highest BCUT2D eigenvalue weighted by molar-refractivity contribution is 9.10. The number of halogens is 1. The van der Waals surface area contributed by atoms with Crippen LogP contribution >= 0.6 is 15.9 Å². The second-order valence-corrected chi connectivity index (χ2v) is 6.01. The lowest BCUT2D eigenvalue weighted by atomic mass is 9.81. The van der Waals surface area contributed by atoms with Crippen LogP contribution in [-0.4, -0.2) is 14.2 Å². The highest BCUT2D eigenvalue weighted by atomic mass is 79.9. The van der Waals surface area contributed by atoms with E-state index in [-0.39, 0.29) is 6.04 Å². The molecule has 1 atom stereocenters. The van der Waals surface area contributed by atoms with Crippen LogP contribution < -0.4 is 15.2 Å². The van der Waals surface area contributed by atoms with E-state index in [4.69, 9.17) is 15.2 Å². The van der Waals surface area contributed by atoms with E-state index in [1.165, 1.54) is 32.1 Å². The third-order valence-electron chi connectivity index (χ3n) is 4.02. The van der Waals surface area contributed by atoms with Crippen LogP contribution in [0.5, 0.6) is 11.5 Å². The van der Waals surface area contributed by atoms with Crippen molar-refractivity contribution in [3.05, 3.63) is 22.2 Å². The van der Waals surface area contributed by atoms with Gasteiger partial charge in [-0.1, -0.05) is 35.2 Å². The summed E-state index contributed by atoms with van der Waals surface area (Å²) in [7, 11) is 3.30. The lowest BCUT2D eigenvalue weighted by Gasteiger charge is -2.28. The Morgan fingerprint density at radius 3 is 2.26 bits per heavy atom. The van der Waals surface area contributed by atoms with E-state index < -0.39 is 0 Å². The van der Waals surface area contributed by atoms with Crippen LogP contribution in [0.15, 0.2) is 16.6 Å². The largest absolute Gasteiger partial charge is 0.493 e. The van der Waals surface area contributed by atoms with Crippen LogP contribution in [0.2, 0.25) is 0 Å². The zero-order valence-corrected chi connectivity index (χ0v) is 13.2. The molecule has 2 N–H and O–H groups in total. The fourth-order valence-corrected chi connectivity index (χ4v) is 3.46. The molecule has 1 saturated carbocycles. The Labute approximate surface area is 123 Å². The van der Waals surface area contributed by atoms with Gasteiger partial charge in [-0.2, -0.15) is 0 Å². The smallest absolute Gasteiger partial charge is 0.161 e. The van der Waals surface area contributed by atoms with Gasteiger partial charge in [0.15, 0.2) is 11.5 Å². The number of hydrogen-bond donors (Lipinski definition) is 1. The van der Waals surface area contributed by atoms with E-state index in [1.54, 1.807) is 14.2 Å². The van der Waals surface area contributed by atoms with Crippen LogP contribution in [0.4, 0.5) is 0 Å². The van der Waals surface area contributed by atoms with E-state index in [0.717, 1.165) is 21.5 Å². The van der Waals surface area contributed by atoms with Crippen molar-refractivity contribution >= 4 is 15.9 Å². The second kappa shape index (κ2) is 6.62. The Bertz CT molecular complexity index is 430. The zero-order valence-electron chi connectivity index (χ0n) is 11.6. The van der Waals surface area contributed by atoms with Crippen molar-refractivity contribution in [1.82, 2.24) is 0 Å². The predicted octanol–water partition coefficient (Wildman–Crippen LogP) is 4.05. The summed E-state index contributed by atoms with van der Waals surface area (Å²) in [6, 6.07) is 4.01. The van der Waals surface area contributed by atoms with Crippen molar-refractivity contribution in [2.24, 2.45) is 11.7 Å². The number of hydrogen-bond acceptors (Lipinski definition) is 3. The Morgan fingerprint density at radius 2 is 1.68 bits per heavy atom. The molecule has 0 spiro atoms. The first-order chi connectivity index (χ1) is 9.17. The van der Waals surface area contributed by atoms with E-state index in [9.17, 15) is 0 Å². The van der Waals surface area contributed by atoms with E-state index in [2.05, 4.69) is 15.9 Å². The van der Waals surface area contributed by atoms with E-state index in [0.29, 0.717) is 5.92 Å². The van der Waals surface area contributed by atoms with Crippen LogP contribution in [0.1, 0.15) is 43.7 Å². The molecule has 0 bridgehead atoms. The van der Waals surface area contributed by atoms with Crippen LogP contribution in [0.25, 0.3) is 0 Å². The predicted molar refractivity (Wildman–Crippen MR) is 80.7 cm³/mol. The minimum atomic E-state index is 0.0643. The number of benzene rings is 1. The molecule has 2 rings (SSSR count). The number of rotatable bonds is 4. The Hall–Kier alpha value is -0.740. The fourth-order valence-electron chi connectivity index (χ4n) is 2.87. The van der Waals surface area contributed by atoms with Gasteiger partial charge in [0.05, 0.1) is 14.2 Å². The molecule has 0 radical (unpaired) electrons. The maximum absolute atomic E-state index is 6.46. The zero-order chi connectivity index (χ0) is 13.8. The van der Waals surface area contributed by atoms with E-state index >= 15 is 0 Å². The number of ether oxygens (including phenoxy) is 2.